The molecule has 0 spiro atoms. The Labute approximate surface area is 132 Å². The highest BCUT2D eigenvalue weighted by atomic mass is 35.5. The summed E-state index contributed by atoms with van der Waals surface area (Å²) in [6, 6.07) is 5.47. The quantitative estimate of drug-likeness (QED) is 0.887. The monoisotopic (exact) mass is 336 g/mol. The molecule has 0 saturated carbocycles. The van der Waals surface area contributed by atoms with E-state index in [2.05, 4.69) is 23.9 Å². The highest BCUT2D eigenvalue weighted by molar-refractivity contribution is 7.89. The van der Waals surface area contributed by atoms with Crippen molar-refractivity contribution in [2.24, 2.45) is 5.41 Å². The van der Waals surface area contributed by atoms with Crippen molar-refractivity contribution in [1.82, 2.24) is 10.0 Å². The van der Waals surface area contributed by atoms with Crippen molar-refractivity contribution in [3.63, 3.8) is 0 Å². The number of sulfonamides is 1. The highest BCUT2D eigenvalue weighted by Crippen LogP contribution is 2.29. The molecule has 1 aromatic rings. The average Bonchev–Trinajstić information content (AvgIpc) is 2.37. The third kappa shape index (κ3) is 4.39. The van der Waals surface area contributed by atoms with Crippen molar-refractivity contribution < 1.29 is 12.8 Å². The molecule has 1 aliphatic rings. The summed E-state index contributed by atoms with van der Waals surface area (Å²) in [7, 11) is -3.81. The summed E-state index contributed by atoms with van der Waals surface area (Å²) in [4.78, 5) is -0.298. The molecule has 1 saturated heterocycles. The number of hydrogen-bond donors (Lipinski definition) is 2. The van der Waals surface area contributed by atoms with Crippen LogP contribution in [0, 0.1) is 11.2 Å². The molecule has 21 heavy (non-hydrogen) atoms. The number of nitrogens with one attached hydrogen (secondary N) is 2. The highest BCUT2D eigenvalue weighted by Gasteiger charge is 2.33. The summed E-state index contributed by atoms with van der Waals surface area (Å²) >= 11 is 0. The lowest BCUT2D eigenvalue weighted by atomic mass is 9.78. The predicted octanol–water partition coefficient (Wildman–Crippen LogP) is 2.30. The molecule has 0 aliphatic carbocycles. The van der Waals surface area contributed by atoms with Crippen LogP contribution in [-0.2, 0) is 10.0 Å². The summed E-state index contributed by atoms with van der Waals surface area (Å²) in [5.74, 6) is -0.726. The SMILES string of the molecule is CC1(C)CCCNC1CNS(=O)(=O)c1ccccc1F.Cl. The lowest BCUT2D eigenvalue weighted by Crippen LogP contribution is -2.52. The molecule has 0 aromatic heterocycles. The molecule has 1 unspecified atom stereocenters. The lowest BCUT2D eigenvalue weighted by Gasteiger charge is -2.39. The maximum Gasteiger partial charge on any atom is 0.243 e. The molecule has 1 aliphatic heterocycles. The van der Waals surface area contributed by atoms with Crippen LogP contribution in [0.5, 0.6) is 0 Å². The molecule has 2 N–H and O–H groups in total. The zero-order chi connectivity index (χ0) is 14.8. The Morgan fingerprint density at radius 1 is 1.38 bits per heavy atom. The van der Waals surface area contributed by atoms with Gasteiger partial charge in [-0.25, -0.2) is 17.5 Å². The average molecular weight is 337 g/mol. The zero-order valence-corrected chi connectivity index (χ0v) is 13.9. The van der Waals surface area contributed by atoms with E-state index in [1.807, 2.05) is 0 Å². The van der Waals surface area contributed by atoms with E-state index >= 15 is 0 Å². The van der Waals surface area contributed by atoms with Crippen molar-refractivity contribution in [2.75, 3.05) is 13.1 Å². The molecule has 7 heteroatoms. The predicted molar refractivity (Wildman–Crippen MR) is 83.6 cm³/mol. The maximum atomic E-state index is 13.6. The van der Waals surface area contributed by atoms with Crippen LogP contribution < -0.4 is 10.0 Å². The molecule has 120 valence electrons. The van der Waals surface area contributed by atoms with Crippen LogP contribution in [0.3, 0.4) is 0 Å². The second kappa shape index (κ2) is 7.05. The number of benzene rings is 1. The second-order valence-electron chi connectivity index (χ2n) is 5.88. The van der Waals surface area contributed by atoms with E-state index in [4.69, 9.17) is 0 Å². The van der Waals surface area contributed by atoms with E-state index < -0.39 is 15.8 Å². The van der Waals surface area contributed by atoms with Crippen LogP contribution in [-0.4, -0.2) is 27.5 Å². The fourth-order valence-electron chi connectivity index (χ4n) is 2.55. The van der Waals surface area contributed by atoms with Gasteiger partial charge in [-0.3, -0.25) is 0 Å². The summed E-state index contributed by atoms with van der Waals surface area (Å²) in [6.07, 6.45) is 2.13. The van der Waals surface area contributed by atoms with Gasteiger partial charge in [0, 0.05) is 12.6 Å². The molecule has 1 fully saturated rings. The van der Waals surface area contributed by atoms with Crippen LogP contribution in [0.1, 0.15) is 26.7 Å². The van der Waals surface area contributed by atoms with E-state index in [9.17, 15) is 12.8 Å². The summed E-state index contributed by atoms with van der Waals surface area (Å²) < 4.78 is 40.3. The van der Waals surface area contributed by atoms with Crippen LogP contribution in [0.15, 0.2) is 29.2 Å². The second-order valence-corrected chi connectivity index (χ2v) is 7.62. The number of halogens is 2. The molecule has 2 rings (SSSR count). The van der Waals surface area contributed by atoms with Crippen molar-refractivity contribution in [1.29, 1.82) is 0 Å². The molecule has 0 radical (unpaired) electrons. The van der Waals surface area contributed by atoms with Gasteiger partial charge in [-0.1, -0.05) is 26.0 Å². The Kier molecular flexibility index (Phi) is 6.16. The normalized spacial score (nSPS) is 21.6. The van der Waals surface area contributed by atoms with Gasteiger partial charge in [-0.05, 0) is 36.9 Å². The van der Waals surface area contributed by atoms with E-state index in [1.165, 1.54) is 18.2 Å². The van der Waals surface area contributed by atoms with Crippen LogP contribution in [0.25, 0.3) is 0 Å². The number of rotatable bonds is 4. The van der Waals surface area contributed by atoms with Crippen LogP contribution >= 0.6 is 12.4 Å². The minimum absolute atomic E-state index is 0. The molecule has 0 amide bonds. The van der Waals surface area contributed by atoms with Crippen LogP contribution in [0.4, 0.5) is 4.39 Å². The van der Waals surface area contributed by atoms with Gasteiger partial charge in [0.25, 0.3) is 0 Å². The Hall–Kier alpha value is -0.690. The smallest absolute Gasteiger partial charge is 0.243 e. The van der Waals surface area contributed by atoms with E-state index in [0.717, 1.165) is 25.5 Å². The first-order valence-electron chi connectivity index (χ1n) is 6.80. The fourth-order valence-corrected chi connectivity index (χ4v) is 3.68. The summed E-state index contributed by atoms with van der Waals surface area (Å²) in [5.41, 5.74) is 0.0238. The lowest BCUT2D eigenvalue weighted by molar-refractivity contribution is 0.181. The van der Waals surface area contributed by atoms with Crippen LogP contribution in [0.2, 0.25) is 0 Å². The Balaban J connectivity index is 0.00000220. The van der Waals surface area contributed by atoms with Crippen molar-refractivity contribution in [3.05, 3.63) is 30.1 Å². The fraction of sp³-hybridized carbons (Fsp3) is 0.571. The first-order valence-corrected chi connectivity index (χ1v) is 8.29. The first kappa shape index (κ1) is 18.4. The summed E-state index contributed by atoms with van der Waals surface area (Å²) in [5, 5.41) is 3.33. The van der Waals surface area contributed by atoms with Crippen molar-refractivity contribution >= 4 is 22.4 Å². The Morgan fingerprint density at radius 3 is 2.67 bits per heavy atom. The van der Waals surface area contributed by atoms with Gasteiger partial charge in [-0.2, -0.15) is 0 Å². The van der Waals surface area contributed by atoms with Crippen molar-refractivity contribution in [2.45, 2.75) is 37.6 Å². The van der Waals surface area contributed by atoms with Gasteiger partial charge < -0.3 is 5.32 Å². The maximum absolute atomic E-state index is 13.6. The largest absolute Gasteiger partial charge is 0.312 e. The number of piperidine rings is 1. The standard InChI is InChI=1S/C14H21FN2O2S.ClH/c1-14(2)8-5-9-16-13(14)10-17-20(18,19)12-7-4-3-6-11(12)15;/h3-4,6-7,13,16-17H,5,8-10H2,1-2H3;1H. The van der Waals surface area contributed by atoms with E-state index in [0.29, 0.717) is 0 Å². The minimum atomic E-state index is -3.81. The van der Waals surface area contributed by atoms with E-state index in [-0.39, 0.29) is 35.3 Å². The third-order valence-corrected chi connectivity index (χ3v) is 5.39. The molecule has 0 bridgehead atoms. The first-order chi connectivity index (χ1) is 9.33. The number of hydrogen-bond acceptors (Lipinski definition) is 3. The Bertz CT molecular complexity index is 578. The van der Waals surface area contributed by atoms with Gasteiger partial charge in [0.15, 0.2) is 0 Å². The minimum Gasteiger partial charge on any atom is -0.312 e. The molecule has 1 aromatic carbocycles. The molecular weight excluding hydrogens is 315 g/mol. The van der Waals surface area contributed by atoms with Gasteiger partial charge in [0.1, 0.15) is 10.7 Å². The molecule has 1 heterocycles. The Morgan fingerprint density at radius 2 is 2.05 bits per heavy atom. The van der Waals surface area contributed by atoms with Gasteiger partial charge in [0.2, 0.25) is 10.0 Å². The van der Waals surface area contributed by atoms with E-state index in [1.54, 1.807) is 0 Å². The molecule has 1 atom stereocenters. The van der Waals surface area contributed by atoms with Gasteiger partial charge in [-0.15, -0.1) is 12.4 Å². The molecular formula is C14H22ClFN2O2S. The van der Waals surface area contributed by atoms with Gasteiger partial charge >= 0.3 is 0 Å². The third-order valence-electron chi connectivity index (χ3n) is 3.94. The zero-order valence-electron chi connectivity index (χ0n) is 12.2. The molecule has 4 nitrogen and oxygen atoms in total. The summed E-state index contributed by atoms with van der Waals surface area (Å²) in [6.45, 7) is 5.38. The van der Waals surface area contributed by atoms with Crippen molar-refractivity contribution in [3.8, 4) is 0 Å². The van der Waals surface area contributed by atoms with Gasteiger partial charge in [0.05, 0.1) is 0 Å². The topological polar surface area (TPSA) is 58.2 Å².